The van der Waals surface area contributed by atoms with Crippen LogP contribution in [0.2, 0.25) is 0 Å². The summed E-state index contributed by atoms with van der Waals surface area (Å²) in [5.74, 6) is 0.0134. The second kappa shape index (κ2) is 4.52. The SMILES string of the molecule is CCCc1nnsc1C(=O)N1CC2CC1CS2(=O)=O. The Morgan fingerprint density at radius 2 is 2.32 bits per heavy atom. The number of sulfone groups is 1. The van der Waals surface area contributed by atoms with Crippen molar-refractivity contribution in [3.63, 3.8) is 0 Å². The fourth-order valence-electron chi connectivity index (χ4n) is 2.85. The smallest absolute Gasteiger partial charge is 0.267 e. The summed E-state index contributed by atoms with van der Waals surface area (Å²) in [5, 5.41) is 3.63. The van der Waals surface area contributed by atoms with Crippen LogP contribution in [0.1, 0.15) is 35.1 Å². The Kier molecular flexibility index (Phi) is 3.09. The van der Waals surface area contributed by atoms with Crippen molar-refractivity contribution < 1.29 is 13.2 Å². The molecule has 0 aromatic carbocycles. The van der Waals surface area contributed by atoms with Crippen molar-refractivity contribution in [1.82, 2.24) is 14.5 Å². The van der Waals surface area contributed by atoms with Gasteiger partial charge in [0.2, 0.25) is 0 Å². The molecule has 1 aromatic heterocycles. The standard InChI is InChI=1S/C11H15N3O3S2/c1-2-3-9-10(18-13-12-9)11(15)14-5-8-4-7(14)6-19(8,16)17/h7-8H,2-6H2,1H3. The highest BCUT2D eigenvalue weighted by atomic mass is 32.2. The molecule has 2 aliphatic heterocycles. The summed E-state index contributed by atoms with van der Waals surface area (Å²) in [6.07, 6.45) is 2.23. The Balaban J connectivity index is 1.81. The molecular formula is C11H15N3O3S2. The highest BCUT2D eigenvalue weighted by Crippen LogP contribution is 2.34. The van der Waals surface area contributed by atoms with Crippen LogP contribution in [0.5, 0.6) is 0 Å². The summed E-state index contributed by atoms with van der Waals surface area (Å²) >= 11 is 1.11. The lowest BCUT2D eigenvalue weighted by Crippen LogP contribution is -2.44. The number of nitrogens with zero attached hydrogens (tertiary/aromatic N) is 3. The molecule has 2 unspecified atom stereocenters. The van der Waals surface area contributed by atoms with E-state index in [4.69, 9.17) is 0 Å². The lowest BCUT2D eigenvalue weighted by Gasteiger charge is -2.26. The molecule has 3 rings (SSSR count). The zero-order chi connectivity index (χ0) is 13.6. The van der Waals surface area contributed by atoms with Crippen LogP contribution in [0.15, 0.2) is 0 Å². The first kappa shape index (κ1) is 13.0. The maximum atomic E-state index is 12.5. The summed E-state index contributed by atoms with van der Waals surface area (Å²) in [6.45, 7) is 2.35. The number of carbonyl (C=O) groups excluding carboxylic acids is 1. The van der Waals surface area contributed by atoms with Gasteiger partial charge in [-0.05, 0) is 24.4 Å². The van der Waals surface area contributed by atoms with Gasteiger partial charge in [0.25, 0.3) is 5.91 Å². The van der Waals surface area contributed by atoms with E-state index < -0.39 is 9.84 Å². The van der Waals surface area contributed by atoms with Gasteiger partial charge in [0.15, 0.2) is 9.84 Å². The second-order valence-electron chi connectivity index (χ2n) is 5.10. The molecule has 2 saturated heterocycles. The average molecular weight is 301 g/mol. The molecule has 0 aliphatic carbocycles. The topological polar surface area (TPSA) is 80.2 Å². The molecular weight excluding hydrogens is 286 g/mol. The molecule has 104 valence electrons. The molecule has 2 fully saturated rings. The number of rotatable bonds is 3. The minimum atomic E-state index is -2.96. The van der Waals surface area contributed by atoms with Gasteiger partial charge in [0.1, 0.15) is 4.88 Å². The molecule has 19 heavy (non-hydrogen) atoms. The number of amides is 1. The van der Waals surface area contributed by atoms with E-state index in [1.807, 2.05) is 6.92 Å². The van der Waals surface area contributed by atoms with Gasteiger partial charge < -0.3 is 4.90 Å². The van der Waals surface area contributed by atoms with E-state index in [1.165, 1.54) is 0 Å². The number of hydrogen-bond acceptors (Lipinski definition) is 6. The normalized spacial score (nSPS) is 27.9. The van der Waals surface area contributed by atoms with Crippen LogP contribution in [-0.4, -0.2) is 52.4 Å². The zero-order valence-electron chi connectivity index (χ0n) is 10.6. The predicted octanol–water partition coefficient (Wildman–Crippen LogP) is 0.502. The van der Waals surface area contributed by atoms with Crippen LogP contribution in [-0.2, 0) is 16.3 Å². The fourth-order valence-corrected chi connectivity index (χ4v) is 5.54. The number of carbonyl (C=O) groups is 1. The molecule has 1 amide bonds. The second-order valence-corrected chi connectivity index (χ2v) is 8.18. The number of likely N-dealkylation sites (tertiary alicyclic amines) is 1. The van der Waals surface area contributed by atoms with Crippen molar-refractivity contribution in [2.75, 3.05) is 12.3 Å². The molecule has 0 N–H and O–H groups in total. The molecule has 0 spiro atoms. The minimum absolute atomic E-state index is 0.0964. The Morgan fingerprint density at radius 1 is 1.53 bits per heavy atom. The lowest BCUT2D eigenvalue weighted by atomic mass is 10.2. The molecule has 8 heteroatoms. The van der Waals surface area contributed by atoms with E-state index in [1.54, 1.807) is 4.90 Å². The van der Waals surface area contributed by atoms with Gasteiger partial charge in [0.05, 0.1) is 16.7 Å². The molecule has 0 saturated carbocycles. The third kappa shape index (κ3) is 2.06. The first-order valence-electron chi connectivity index (χ1n) is 6.36. The molecule has 2 bridgehead atoms. The third-order valence-corrected chi connectivity index (χ3v) is 6.77. The van der Waals surface area contributed by atoms with Crippen molar-refractivity contribution in [3.05, 3.63) is 10.6 Å². The molecule has 2 atom stereocenters. The Hall–Kier alpha value is -1.02. The number of aromatic nitrogens is 2. The summed E-state index contributed by atoms with van der Waals surface area (Å²) in [4.78, 5) is 14.7. The number of aryl methyl sites for hydroxylation is 1. The van der Waals surface area contributed by atoms with Crippen molar-refractivity contribution in [1.29, 1.82) is 0 Å². The highest BCUT2D eigenvalue weighted by Gasteiger charge is 2.50. The van der Waals surface area contributed by atoms with Gasteiger partial charge in [-0.15, -0.1) is 5.10 Å². The van der Waals surface area contributed by atoms with E-state index in [-0.39, 0.29) is 23.0 Å². The van der Waals surface area contributed by atoms with Crippen LogP contribution in [0.4, 0.5) is 0 Å². The lowest BCUT2D eigenvalue weighted by molar-refractivity contribution is 0.0749. The van der Waals surface area contributed by atoms with Gasteiger partial charge in [-0.2, -0.15) is 0 Å². The van der Waals surface area contributed by atoms with Crippen molar-refractivity contribution in [3.8, 4) is 0 Å². The maximum Gasteiger partial charge on any atom is 0.267 e. The van der Waals surface area contributed by atoms with Gasteiger partial charge in [-0.3, -0.25) is 4.79 Å². The van der Waals surface area contributed by atoms with Gasteiger partial charge in [0, 0.05) is 12.6 Å². The first-order chi connectivity index (χ1) is 9.03. The van der Waals surface area contributed by atoms with E-state index >= 15 is 0 Å². The fraction of sp³-hybridized carbons (Fsp3) is 0.727. The van der Waals surface area contributed by atoms with Crippen LogP contribution in [0, 0.1) is 0 Å². The number of fused-ring (bicyclic) bond motifs is 2. The van der Waals surface area contributed by atoms with Crippen molar-refractivity contribution in [2.24, 2.45) is 0 Å². The quantitative estimate of drug-likeness (QED) is 0.812. The summed E-state index contributed by atoms with van der Waals surface area (Å²) < 4.78 is 27.2. The van der Waals surface area contributed by atoms with Crippen LogP contribution < -0.4 is 0 Å². The van der Waals surface area contributed by atoms with E-state index in [0.717, 1.165) is 30.1 Å². The van der Waals surface area contributed by atoms with E-state index in [9.17, 15) is 13.2 Å². The van der Waals surface area contributed by atoms with Crippen molar-refractivity contribution >= 4 is 27.3 Å². The van der Waals surface area contributed by atoms with E-state index in [2.05, 4.69) is 9.59 Å². The Bertz CT molecular complexity index is 610. The van der Waals surface area contributed by atoms with Crippen LogP contribution in [0.25, 0.3) is 0 Å². The monoisotopic (exact) mass is 301 g/mol. The predicted molar refractivity (Wildman–Crippen MR) is 70.9 cm³/mol. The largest absolute Gasteiger partial charge is 0.332 e. The number of hydrogen-bond donors (Lipinski definition) is 0. The molecule has 3 heterocycles. The molecule has 1 aromatic rings. The van der Waals surface area contributed by atoms with E-state index in [0.29, 0.717) is 17.8 Å². The van der Waals surface area contributed by atoms with Gasteiger partial charge in [-0.1, -0.05) is 17.8 Å². The zero-order valence-corrected chi connectivity index (χ0v) is 12.2. The minimum Gasteiger partial charge on any atom is -0.332 e. The summed E-state index contributed by atoms with van der Waals surface area (Å²) in [6, 6.07) is -0.154. The Labute approximate surface area is 115 Å². The highest BCUT2D eigenvalue weighted by molar-refractivity contribution is 7.92. The van der Waals surface area contributed by atoms with Crippen molar-refractivity contribution in [2.45, 2.75) is 37.5 Å². The van der Waals surface area contributed by atoms with Gasteiger partial charge in [-0.25, -0.2) is 8.42 Å². The maximum absolute atomic E-state index is 12.5. The third-order valence-electron chi connectivity index (χ3n) is 3.81. The first-order valence-corrected chi connectivity index (χ1v) is 8.85. The molecule has 2 aliphatic rings. The van der Waals surface area contributed by atoms with Crippen LogP contribution >= 0.6 is 11.5 Å². The summed E-state index contributed by atoms with van der Waals surface area (Å²) in [5.41, 5.74) is 0.739. The molecule has 6 nitrogen and oxygen atoms in total. The molecule has 0 radical (unpaired) electrons. The average Bonchev–Trinajstić information content (AvgIpc) is 3.01. The summed E-state index contributed by atoms with van der Waals surface area (Å²) in [7, 11) is -2.96. The Morgan fingerprint density at radius 3 is 2.89 bits per heavy atom. The van der Waals surface area contributed by atoms with Crippen LogP contribution in [0.3, 0.4) is 0 Å². The van der Waals surface area contributed by atoms with Gasteiger partial charge >= 0.3 is 0 Å².